The van der Waals surface area contributed by atoms with E-state index in [1.807, 2.05) is 6.92 Å². The minimum atomic E-state index is -1.48. The van der Waals surface area contributed by atoms with Crippen LogP contribution in [-0.4, -0.2) is 0 Å². The summed E-state index contributed by atoms with van der Waals surface area (Å²) >= 11 is 0. The molecule has 1 aromatic carbocycles. The zero-order valence-electron chi connectivity index (χ0n) is 19.0. The number of hydrogen-bond acceptors (Lipinski definition) is 0. The van der Waals surface area contributed by atoms with Crippen LogP contribution in [0.5, 0.6) is 0 Å². The standard InChI is InChI=1S/C22H31F3/c1-2-15-3-5-16(6-4-15)7-8-17-9-11-18(12-10-17)19-13-20(23)22(25)21(24)14-19/h13-18H,2-12H2,1H3/i5D2,6D2. The maximum atomic E-state index is 13.5. The van der Waals surface area contributed by atoms with Crippen LogP contribution in [0.25, 0.3) is 0 Å². The molecule has 0 aromatic heterocycles. The topological polar surface area (TPSA) is 0 Å². The average Bonchev–Trinajstić information content (AvgIpc) is 2.64. The second-order valence-electron chi connectivity index (χ2n) is 7.74. The van der Waals surface area contributed by atoms with Gasteiger partial charge in [-0.25, -0.2) is 13.2 Å². The Balaban J connectivity index is 1.56. The van der Waals surface area contributed by atoms with Crippen LogP contribution in [0.1, 0.15) is 94.4 Å². The summed E-state index contributed by atoms with van der Waals surface area (Å²) in [7, 11) is 0. The van der Waals surface area contributed by atoms with E-state index >= 15 is 0 Å². The minimum Gasteiger partial charge on any atom is -0.204 e. The van der Waals surface area contributed by atoms with Crippen molar-refractivity contribution in [1.82, 2.24) is 0 Å². The molecule has 0 atom stereocenters. The van der Waals surface area contributed by atoms with Crippen LogP contribution in [0.3, 0.4) is 0 Å². The molecule has 0 radical (unpaired) electrons. The zero-order valence-corrected chi connectivity index (χ0v) is 15.0. The monoisotopic (exact) mass is 356 g/mol. The van der Waals surface area contributed by atoms with Gasteiger partial charge in [-0.15, -0.1) is 0 Å². The molecular formula is C22H31F3. The Morgan fingerprint density at radius 3 is 1.96 bits per heavy atom. The maximum absolute atomic E-state index is 13.5. The van der Waals surface area contributed by atoms with Gasteiger partial charge in [0.2, 0.25) is 0 Å². The summed E-state index contributed by atoms with van der Waals surface area (Å²) in [5.74, 6) is -3.82. The van der Waals surface area contributed by atoms with E-state index in [4.69, 9.17) is 5.48 Å². The van der Waals surface area contributed by atoms with Crippen LogP contribution in [0.4, 0.5) is 13.2 Å². The van der Waals surface area contributed by atoms with Gasteiger partial charge in [0.15, 0.2) is 17.5 Å². The van der Waals surface area contributed by atoms with E-state index in [2.05, 4.69) is 0 Å². The van der Waals surface area contributed by atoms with E-state index in [1.165, 1.54) is 0 Å². The molecule has 0 unspecified atom stereocenters. The largest absolute Gasteiger partial charge is 0.204 e. The fraction of sp³-hybridized carbons (Fsp3) is 0.727. The van der Waals surface area contributed by atoms with E-state index in [0.29, 0.717) is 30.7 Å². The quantitative estimate of drug-likeness (QED) is 0.483. The highest BCUT2D eigenvalue weighted by Crippen LogP contribution is 2.40. The van der Waals surface area contributed by atoms with Gasteiger partial charge in [-0.05, 0) is 67.1 Å². The van der Waals surface area contributed by atoms with Crippen LogP contribution in [0.2, 0.25) is 0 Å². The number of rotatable bonds is 5. The van der Waals surface area contributed by atoms with Gasteiger partial charge in [-0.1, -0.05) is 51.8 Å². The first-order valence-electron chi connectivity index (χ1n) is 11.7. The lowest BCUT2D eigenvalue weighted by molar-refractivity contribution is 0.227. The first-order valence-corrected chi connectivity index (χ1v) is 9.68. The molecule has 0 spiro atoms. The third kappa shape index (κ3) is 4.80. The zero-order chi connectivity index (χ0) is 21.4. The first-order chi connectivity index (χ1) is 13.5. The van der Waals surface area contributed by atoms with Crippen molar-refractivity contribution >= 4 is 0 Å². The molecule has 0 amide bonds. The molecule has 3 rings (SSSR count). The van der Waals surface area contributed by atoms with E-state index < -0.39 is 36.1 Å². The highest BCUT2D eigenvalue weighted by atomic mass is 19.2. The Hall–Kier alpha value is -0.990. The lowest BCUT2D eigenvalue weighted by atomic mass is 9.74. The van der Waals surface area contributed by atoms with Crippen LogP contribution in [-0.2, 0) is 0 Å². The van der Waals surface area contributed by atoms with Gasteiger partial charge >= 0.3 is 0 Å². The van der Waals surface area contributed by atoms with Gasteiger partial charge in [0.25, 0.3) is 0 Å². The highest BCUT2D eigenvalue weighted by Gasteiger charge is 2.26. The molecule has 140 valence electrons. The van der Waals surface area contributed by atoms with Gasteiger partial charge in [-0.3, -0.25) is 0 Å². The molecule has 0 N–H and O–H groups in total. The van der Waals surface area contributed by atoms with Crippen molar-refractivity contribution in [3.8, 4) is 0 Å². The summed E-state index contributed by atoms with van der Waals surface area (Å²) in [6, 6.07) is 2.19. The third-order valence-electron chi connectivity index (χ3n) is 6.07. The van der Waals surface area contributed by atoms with Crippen molar-refractivity contribution in [2.75, 3.05) is 0 Å². The molecule has 3 heteroatoms. The molecule has 0 saturated heterocycles. The number of halogens is 3. The van der Waals surface area contributed by atoms with Crippen LogP contribution in [0.15, 0.2) is 12.1 Å². The summed E-state index contributed by atoms with van der Waals surface area (Å²) in [4.78, 5) is 0. The molecule has 1 aromatic rings. The number of hydrogen-bond donors (Lipinski definition) is 0. The van der Waals surface area contributed by atoms with Crippen LogP contribution in [0, 0.1) is 35.2 Å². The van der Waals surface area contributed by atoms with Gasteiger partial charge in [0.1, 0.15) is 0 Å². The molecule has 2 aliphatic rings. The molecule has 2 fully saturated rings. The van der Waals surface area contributed by atoms with Crippen LogP contribution >= 0.6 is 0 Å². The summed E-state index contributed by atoms with van der Waals surface area (Å²) in [5, 5.41) is 0. The van der Waals surface area contributed by atoms with Crippen molar-refractivity contribution in [2.24, 2.45) is 17.8 Å². The third-order valence-corrected chi connectivity index (χ3v) is 6.07. The first kappa shape index (κ1) is 14.1. The van der Waals surface area contributed by atoms with Crippen LogP contribution < -0.4 is 0 Å². The fourth-order valence-corrected chi connectivity index (χ4v) is 4.25. The van der Waals surface area contributed by atoms with Crippen molar-refractivity contribution in [2.45, 2.75) is 83.4 Å². The van der Waals surface area contributed by atoms with Crippen molar-refractivity contribution in [1.29, 1.82) is 0 Å². The molecule has 0 nitrogen and oxygen atoms in total. The summed E-state index contributed by atoms with van der Waals surface area (Å²) in [5.41, 5.74) is 0.505. The van der Waals surface area contributed by atoms with Crippen molar-refractivity contribution in [3.63, 3.8) is 0 Å². The fourth-order valence-electron chi connectivity index (χ4n) is 4.25. The van der Waals surface area contributed by atoms with Gasteiger partial charge < -0.3 is 0 Å². The molecule has 0 aliphatic heterocycles. The smallest absolute Gasteiger partial charge is 0.194 e. The van der Waals surface area contributed by atoms with E-state index in [1.54, 1.807) is 0 Å². The second-order valence-corrected chi connectivity index (χ2v) is 7.74. The summed E-state index contributed by atoms with van der Waals surface area (Å²) < 4.78 is 73.9. The second kappa shape index (κ2) is 8.60. The Kier molecular flexibility index (Phi) is 4.85. The predicted molar refractivity (Wildman–Crippen MR) is 96.0 cm³/mol. The number of benzene rings is 1. The SMILES string of the molecule is [2H]C1([2H])CC(CC)CC([2H])([2H])C1CCC1CCC(c2cc(F)c(F)c(F)c2)CC1. The van der Waals surface area contributed by atoms with E-state index in [-0.39, 0.29) is 11.8 Å². The highest BCUT2D eigenvalue weighted by molar-refractivity contribution is 5.23. The van der Waals surface area contributed by atoms with Gasteiger partial charge in [0.05, 0.1) is 0 Å². The molecule has 2 saturated carbocycles. The molecular weight excluding hydrogens is 321 g/mol. The Morgan fingerprint density at radius 1 is 0.840 bits per heavy atom. The van der Waals surface area contributed by atoms with Crippen molar-refractivity contribution in [3.05, 3.63) is 35.1 Å². The molecule has 25 heavy (non-hydrogen) atoms. The molecule has 0 heterocycles. The Labute approximate surface area is 155 Å². The molecule has 0 bridgehead atoms. The summed E-state index contributed by atoms with van der Waals surface area (Å²) in [6.07, 6.45) is 3.26. The predicted octanol–water partition coefficient (Wildman–Crippen LogP) is 7.37. The van der Waals surface area contributed by atoms with Crippen molar-refractivity contribution < 1.29 is 18.7 Å². The minimum absolute atomic E-state index is 0.00808. The van der Waals surface area contributed by atoms with E-state index in [9.17, 15) is 13.2 Å². The Bertz CT molecular complexity index is 673. The molecule has 2 aliphatic carbocycles. The van der Waals surface area contributed by atoms with Gasteiger partial charge in [-0.2, -0.15) is 0 Å². The normalized spacial score (nSPS) is 36.8. The Morgan fingerprint density at radius 2 is 1.40 bits per heavy atom. The maximum Gasteiger partial charge on any atom is 0.194 e. The lowest BCUT2D eigenvalue weighted by Gasteiger charge is -2.32. The summed E-state index contributed by atoms with van der Waals surface area (Å²) in [6.45, 7) is 1.99. The average molecular weight is 357 g/mol. The van der Waals surface area contributed by atoms with Gasteiger partial charge in [0, 0.05) is 5.48 Å². The van der Waals surface area contributed by atoms with E-state index in [0.717, 1.165) is 50.7 Å². The lowest BCUT2D eigenvalue weighted by Crippen LogP contribution is -2.17.